The molecule has 208 valence electrons. The molecular formula is C32H57O3P. The van der Waals surface area contributed by atoms with E-state index in [2.05, 4.69) is 13.8 Å². The lowest BCUT2D eigenvalue weighted by molar-refractivity contribution is -0.108. The molecule has 7 atom stereocenters. The molecule has 0 saturated heterocycles. The third kappa shape index (κ3) is 6.65. The molecule has 0 heterocycles. The van der Waals surface area contributed by atoms with E-state index in [0.717, 1.165) is 31.1 Å². The summed E-state index contributed by atoms with van der Waals surface area (Å²) in [5.74, 6) is 1.57. The summed E-state index contributed by atoms with van der Waals surface area (Å²) in [5.41, 5.74) is 1.26. The van der Waals surface area contributed by atoms with E-state index in [1.54, 1.807) is 0 Å². The summed E-state index contributed by atoms with van der Waals surface area (Å²) >= 11 is 0. The van der Waals surface area contributed by atoms with Crippen LogP contribution in [0.1, 0.15) is 149 Å². The Kier molecular flexibility index (Phi) is 10.0. The molecule has 5 fully saturated rings. The van der Waals surface area contributed by atoms with E-state index in [9.17, 15) is 0 Å². The van der Waals surface area contributed by atoms with Gasteiger partial charge in [-0.05, 0) is 76.0 Å². The van der Waals surface area contributed by atoms with Crippen LogP contribution in [0.25, 0.3) is 0 Å². The Balaban J connectivity index is 1.36. The summed E-state index contributed by atoms with van der Waals surface area (Å²) < 4.78 is 29.6. The van der Waals surface area contributed by atoms with Crippen LogP contribution in [0.2, 0.25) is 0 Å². The van der Waals surface area contributed by atoms with Gasteiger partial charge in [-0.3, -0.25) is 0 Å². The van der Waals surface area contributed by atoms with Crippen molar-refractivity contribution in [3.05, 3.63) is 0 Å². The standard InChI is InChI=1S/C32H57O3P/c1-24-11-9-13-26(21-24)34-28-19-20-32(31(23-28)35-27-14-10-12-25(2)22-27)36(33,29-15-5-3-6-16-29)30-17-7-4-8-18-30/h24-32H,3-23H2,1-2H3. The first-order valence-electron chi connectivity index (χ1n) is 16.4. The molecule has 3 nitrogen and oxygen atoms in total. The van der Waals surface area contributed by atoms with Crippen LogP contribution in [0.5, 0.6) is 0 Å². The van der Waals surface area contributed by atoms with Crippen molar-refractivity contribution in [1.82, 2.24) is 0 Å². The van der Waals surface area contributed by atoms with E-state index >= 15 is 4.57 Å². The van der Waals surface area contributed by atoms with E-state index in [1.165, 1.54) is 116 Å². The minimum absolute atomic E-state index is 0.162. The van der Waals surface area contributed by atoms with Crippen molar-refractivity contribution in [2.24, 2.45) is 11.8 Å². The molecular weight excluding hydrogens is 463 g/mol. The van der Waals surface area contributed by atoms with Gasteiger partial charge in [-0.25, -0.2) is 0 Å². The van der Waals surface area contributed by atoms with Crippen LogP contribution in [0.4, 0.5) is 0 Å². The van der Waals surface area contributed by atoms with Gasteiger partial charge in [0, 0.05) is 23.4 Å². The Morgan fingerprint density at radius 2 is 1.00 bits per heavy atom. The molecule has 5 aliphatic carbocycles. The summed E-state index contributed by atoms with van der Waals surface area (Å²) in [4.78, 5) is 0. The van der Waals surface area contributed by atoms with Crippen LogP contribution in [-0.2, 0) is 14.0 Å². The molecule has 0 aromatic heterocycles. The van der Waals surface area contributed by atoms with Gasteiger partial charge in [0.25, 0.3) is 0 Å². The number of hydrogen-bond acceptors (Lipinski definition) is 3. The summed E-state index contributed by atoms with van der Waals surface area (Å²) in [6.45, 7) is 4.80. The molecule has 5 aliphatic rings. The highest BCUT2D eigenvalue weighted by molar-refractivity contribution is 7.66. The molecule has 4 heteroatoms. The normalized spacial score (nSPS) is 40.2. The monoisotopic (exact) mass is 520 g/mol. The zero-order valence-electron chi connectivity index (χ0n) is 23.7. The predicted molar refractivity (Wildman–Crippen MR) is 152 cm³/mol. The van der Waals surface area contributed by atoms with Crippen molar-refractivity contribution in [3.8, 4) is 0 Å². The maximum Gasteiger partial charge on any atom is 0.0990 e. The van der Waals surface area contributed by atoms with Gasteiger partial charge < -0.3 is 14.0 Å². The van der Waals surface area contributed by atoms with Gasteiger partial charge in [-0.2, -0.15) is 0 Å². The van der Waals surface area contributed by atoms with Crippen LogP contribution >= 0.6 is 7.14 Å². The van der Waals surface area contributed by atoms with Gasteiger partial charge in [-0.15, -0.1) is 0 Å². The number of rotatable bonds is 7. The second-order valence-electron chi connectivity index (χ2n) is 13.9. The van der Waals surface area contributed by atoms with Gasteiger partial charge in [0.05, 0.1) is 31.6 Å². The van der Waals surface area contributed by atoms with Gasteiger partial charge in [-0.1, -0.05) is 78.1 Å². The SMILES string of the molecule is CC1CCCC(OC2CCC(P(=O)(C3CCCCC3)C3CCCCC3)C(OC3CCCC(C)C3)C2)C1. The minimum Gasteiger partial charge on any atom is -0.375 e. The second-order valence-corrected chi connectivity index (χ2v) is 17.6. The van der Waals surface area contributed by atoms with Crippen molar-refractivity contribution in [3.63, 3.8) is 0 Å². The lowest BCUT2D eigenvalue weighted by Crippen LogP contribution is -2.46. The van der Waals surface area contributed by atoms with Crippen LogP contribution < -0.4 is 0 Å². The average molecular weight is 521 g/mol. The summed E-state index contributed by atoms with van der Waals surface area (Å²) in [7, 11) is -2.34. The predicted octanol–water partition coefficient (Wildman–Crippen LogP) is 9.50. The van der Waals surface area contributed by atoms with Crippen molar-refractivity contribution < 1.29 is 14.0 Å². The first kappa shape index (κ1) is 27.7. The maximum absolute atomic E-state index is 15.6. The maximum atomic E-state index is 15.6. The van der Waals surface area contributed by atoms with Crippen molar-refractivity contribution >= 4 is 7.14 Å². The topological polar surface area (TPSA) is 35.5 Å². The Labute approximate surface area is 223 Å². The molecule has 0 aliphatic heterocycles. The lowest BCUT2D eigenvalue weighted by atomic mass is 9.87. The fourth-order valence-corrected chi connectivity index (χ4v) is 14.4. The molecule has 7 unspecified atom stereocenters. The zero-order valence-corrected chi connectivity index (χ0v) is 24.6. The molecule has 0 radical (unpaired) electrons. The Bertz CT molecular complexity index is 690. The number of hydrogen-bond donors (Lipinski definition) is 0. The average Bonchev–Trinajstić information content (AvgIpc) is 2.89. The summed E-state index contributed by atoms with van der Waals surface area (Å²) in [6, 6.07) is 0. The molecule has 0 aromatic rings. The van der Waals surface area contributed by atoms with E-state index in [1.807, 2.05) is 0 Å². The van der Waals surface area contributed by atoms with Gasteiger partial charge in [0.15, 0.2) is 0 Å². The summed E-state index contributed by atoms with van der Waals surface area (Å²) in [5, 5.41) is 0. The van der Waals surface area contributed by atoms with E-state index in [4.69, 9.17) is 9.47 Å². The van der Waals surface area contributed by atoms with Crippen molar-refractivity contribution in [1.29, 1.82) is 0 Å². The second kappa shape index (κ2) is 13.0. The fourth-order valence-electron chi connectivity index (χ4n) is 9.14. The molecule has 0 bridgehead atoms. The van der Waals surface area contributed by atoms with Crippen molar-refractivity contribution in [2.75, 3.05) is 0 Å². The first-order valence-corrected chi connectivity index (χ1v) is 18.3. The third-order valence-electron chi connectivity index (χ3n) is 11.0. The summed E-state index contributed by atoms with van der Waals surface area (Å²) in [6.07, 6.45) is 27.5. The molecule has 36 heavy (non-hydrogen) atoms. The van der Waals surface area contributed by atoms with E-state index < -0.39 is 7.14 Å². The van der Waals surface area contributed by atoms with E-state index in [0.29, 0.717) is 35.3 Å². The van der Waals surface area contributed by atoms with Crippen LogP contribution in [0.15, 0.2) is 0 Å². The minimum atomic E-state index is -2.34. The zero-order chi connectivity index (χ0) is 25.0. The molecule has 5 rings (SSSR count). The lowest BCUT2D eigenvalue weighted by Gasteiger charge is -2.49. The number of ether oxygens (including phenoxy) is 2. The van der Waals surface area contributed by atoms with Gasteiger partial charge >= 0.3 is 0 Å². The third-order valence-corrected chi connectivity index (χ3v) is 16.0. The Hall–Kier alpha value is 0.150. The fraction of sp³-hybridized carbons (Fsp3) is 1.00. The van der Waals surface area contributed by atoms with Crippen molar-refractivity contribution in [2.45, 2.75) is 190 Å². The molecule has 0 N–H and O–H groups in total. The quantitative estimate of drug-likeness (QED) is 0.314. The first-order chi connectivity index (χ1) is 17.5. The Morgan fingerprint density at radius 3 is 1.53 bits per heavy atom. The largest absolute Gasteiger partial charge is 0.375 e. The van der Waals surface area contributed by atoms with Gasteiger partial charge in [0.1, 0.15) is 0 Å². The highest BCUT2D eigenvalue weighted by atomic mass is 31.2. The van der Waals surface area contributed by atoms with Crippen LogP contribution in [0.3, 0.4) is 0 Å². The highest BCUT2D eigenvalue weighted by Gasteiger charge is 2.52. The highest BCUT2D eigenvalue weighted by Crippen LogP contribution is 2.68. The van der Waals surface area contributed by atoms with Crippen LogP contribution in [-0.4, -0.2) is 41.4 Å². The van der Waals surface area contributed by atoms with E-state index in [-0.39, 0.29) is 6.10 Å². The Morgan fingerprint density at radius 1 is 0.500 bits per heavy atom. The van der Waals surface area contributed by atoms with Gasteiger partial charge in [0.2, 0.25) is 0 Å². The molecule has 5 saturated carbocycles. The molecule has 0 amide bonds. The smallest absolute Gasteiger partial charge is 0.0990 e. The van der Waals surface area contributed by atoms with Crippen LogP contribution in [0, 0.1) is 11.8 Å². The molecule has 0 aromatic carbocycles. The molecule has 0 spiro atoms.